The van der Waals surface area contributed by atoms with Crippen molar-refractivity contribution in [1.82, 2.24) is 4.90 Å². The first kappa shape index (κ1) is 19.0. The Kier molecular flexibility index (Phi) is 6.32. The van der Waals surface area contributed by atoms with Gasteiger partial charge in [-0.15, -0.1) is 11.8 Å². The number of halogens is 2. The van der Waals surface area contributed by atoms with E-state index in [-0.39, 0.29) is 16.7 Å². The van der Waals surface area contributed by atoms with Crippen molar-refractivity contribution in [3.63, 3.8) is 0 Å². The Hall–Kier alpha value is -0.380. The van der Waals surface area contributed by atoms with Gasteiger partial charge in [-0.2, -0.15) is 0 Å². The molecule has 128 valence electrons. The van der Waals surface area contributed by atoms with Gasteiger partial charge >= 0.3 is 0 Å². The smallest absolute Gasteiger partial charge is 0.224 e. The third kappa shape index (κ3) is 5.04. The van der Waals surface area contributed by atoms with Gasteiger partial charge in [0.25, 0.3) is 0 Å². The summed E-state index contributed by atoms with van der Waals surface area (Å²) in [6, 6.07) is 5.65. The summed E-state index contributed by atoms with van der Waals surface area (Å²) in [5.41, 5.74) is 1.19. The number of hydrogen-bond acceptors (Lipinski definition) is 2. The van der Waals surface area contributed by atoms with Crippen LogP contribution < -0.4 is 0 Å². The van der Waals surface area contributed by atoms with E-state index in [4.69, 9.17) is 23.2 Å². The highest BCUT2D eigenvalue weighted by atomic mass is 35.5. The van der Waals surface area contributed by atoms with E-state index in [1.165, 1.54) is 0 Å². The second-order valence-electron chi connectivity index (χ2n) is 7.53. The number of amides is 1. The molecule has 2 nitrogen and oxygen atoms in total. The van der Waals surface area contributed by atoms with Crippen LogP contribution in [-0.4, -0.2) is 23.1 Å². The summed E-state index contributed by atoms with van der Waals surface area (Å²) < 4.78 is 0. The normalized spacial score (nSPS) is 19.9. The lowest BCUT2D eigenvalue weighted by molar-refractivity contribution is -0.132. The van der Waals surface area contributed by atoms with Crippen LogP contribution in [0.15, 0.2) is 18.2 Å². The van der Waals surface area contributed by atoms with Crippen LogP contribution in [0.1, 0.15) is 51.5 Å². The lowest BCUT2D eigenvalue weighted by Crippen LogP contribution is -2.32. The highest BCUT2D eigenvalue weighted by Crippen LogP contribution is 2.43. The molecule has 1 saturated heterocycles. The van der Waals surface area contributed by atoms with Crippen LogP contribution in [-0.2, 0) is 4.79 Å². The molecule has 1 aromatic carbocycles. The van der Waals surface area contributed by atoms with Gasteiger partial charge in [0.05, 0.1) is 10.0 Å². The molecule has 1 aliphatic rings. The molecule has 1 aliphatic heterocycles. The van der Waals surface area contributed by atoms with Crippen LogP contribution in [0.5, 0.6) is 0 Å². The Balaban J connectivity index is 2.09. The number of rotatable bonds is 4. The zero-order valence-corrected chi connectivity index (χ0v) is 16.6. The van der Waals surface area contributed by atoms with Crippen molar-refractivity contribution < 1.29 is 4.79 Å². The van der Waals surface area contributed by atoms with Crippen molar-refractivity contribution in [3.8, 4) is 0 Å². The van der Waals surface area contributed by atoms with Gasteiger partial charge in [0, 0.05) is 24.3 Å². The lowest BCUT2D eigenvalue weighted by Gasteiger charge is -2.28. The Labute approximate surface area is 153 Å². The monoisotopic (exact) mass is 373 g/mol. The summed E-state index contributed by atoms with van der Waals surface area (Å²) >= 11 is 14.2. The molecule has 1 aromatic rings. The topological polar surface area (TPSA) is 20.3 Å². The molecule has 0 bridgehead atoms. The van der Waals surface area contributed by atoms with Crippen LogP contribution in [0.2, 0.25) is 10.0 Å². The largest absolute Gasteiger partial charge is 0.326 e. The minimum absolute atomic E-state index is 0.0180. The number of benzene rings is 1. The molecular weight excluding hydrogens is 349 g/mol. The molecule has 2 atom stereocenters. The molecule has 0 aromatic heterocycles. The first-order valence-electron chi connectivity index (χ1n) is 8.04. The third-order valence-electron chi connectivity index (χ3n) is 3.94. The summed E-state index contributed by atoms with van der Waals surface area (Å²) in [5.74, 6) is 1.53. The third-order valence-corrected chi connectivity index (χ3v) is 6.02. The van der Waals surface area contributed by atoms with E-state index >= 15 is 0 Å². The maximum atomic E-state index is 12.8. The average molecular weight is 374 g/mol. The van der Waals surface area contributed by atoms with Crippen LogP contribution in [0.25, 0.3) is 0 Å². The Bertz CT molecular complexity index is 571. The van der Waals surface area contributed by atoms with Gasteiger partial charge < -0.3 is 4.90 Å². The first-order chi connectivity index (χ1) is 10.7. The molecule has 0 saturated carbocycles. The fourth-order valence-corrected chi connectivity index (χ4v) is 5.01. The molecule has 0 radical (unpaired) electrons. The van der Waals surface area contributed by atoms with Gasteiger partial charge in [-0.3, -0.25) is 4.79 Å². The van der Waals surface area contributed by atoms with E-state index in [1.54, 1.807) is 17.8 Å². The van der Waals surface area contributed by atoms with Crippen molar-refractivity contribution in [2.75, 3.05) is 12.3 Å². The molecule has 1 amide bonds. The van der Waals surface area contributed by atoms with Gasteiger partial charge in [0.1, 0.15) is 5.37 Å². The quantitative estimate of drug-likeness (QED) is 0.641. The average Bonchev–Trinajstić information content (AvgIpc) is 2.88. The van der Waals surface area contributed by atoms with Gasteiger partial charge in [-0.1, -0.05) is 63.0 Å². The van der Waals surface area contributed by atoms with Gasteiger partial charge in [0.15, 0.2) is 0 Å². The summed E-state index contributed by atoms with van der Waals surface area (Å²) in [4.78, 5) is 14.7. The van der Waals surface area contributed by atoms with Crippen molar-refractivity contribution in [1.29, 1.82) is 0 Å². The molecule has 1 fully saturated rings. The van der Waals surface area contributed by atoms with Crippen molar-refractivity contribution >= 4 is 40.9 Å². The second kappa shape index (κ2) is 7.67. The second-order valence-corrected chi connectivity index (χ2v) is 9.50. The molecule has 0 spiro atoms. The zero-order valence-electron chi connectivity index (χ0n) is 14.2. The van der Waals surface area contributed by atoms with Crippen molar-refractivity contribution in [2.45, 2.75) is 45.9 Å². The number of carbonyl (C=O) groups is 1. The standard InChI is InChI=1S/C18H25Cl2NOS/c1-12(11-18(2,3)4)10-15(22)21-8-9-23-17(21)13-6-5-7-14(19)16(13)20/h5-7,12,17H,8-11H2,1-4H3/t12-,17-/m1/s1. The van der Waals surface area contributed by atoms with E-state index in [9.17, 15) is 4.79 Å². The molecule has 5 heteroatoms. The number of nitrogens with zero attached hydrogens (tertiary/aromatic N) is 1. The number of thioether (sulfide) groups is 1. The van der Waals surface area contributed by atoms with Crippen LogP contribution in [0, 0.1) is 11.3 Å². The fourth-order valence-electron chi connectivity index (χ4n) is 3.23. The van der Waals surface area contributed by atoms with Gasteiger partial charge in [-0.05, 0) is 23.8 Å². The lowest BCUT2D eigenvalue weighted by atomic mass is 9.84. The minimum atomic E-state index is -0.0180. The van der Waals surface area contributed by atoms with Gasteiger partial charge in [0.2, 0.25) is 5.91 Å². The molecule has 0 unspecified atom stereocenters. The van der Waals surface area contributed by atoms with Crippen LogP contribution >= 0.6 is 35.0 Å². The SMILES string of the molecule is C[C@H](CC(=O)N1CCS[C@@H]1c1cccc(Cl)c1Cl)CC(C)(C)C. The number of hydrogen-bond donors (Lipinski definition) is 0. The Morgan fingerprint density at radius 2 is 2.09 bits per heavy atom. The fraction of sp³-hybridized carbons (Fsp3) is 0.611. The summed E-state index contributed by atoms with van der Waals surface area (Å²) in [5, 5.41) is 1.09. The van der Waals surface area contributed by atoms with E-state index < -0.39 is 0 Å². The molecule has 0 N–H and O–H groups in total. The first-order valence-corrected chi connectivity index (χ1v) is 9.84. The van der Waals surface area contributed by atoms with Crippen molar-refractivity contribution in [3.05, 3.63) is 33.8 Å². The summed E-state index contributed by atoms with van der Waals surface area (Å²) in [6.45, 7) is 9.59. The highest BCUT2D eigenvalue weighted by Gasteiger charge is 2.33. The van der Waals surface area contributed by atoms with E-state index in [1.807, 2.05) is 17.0 Å². The van der Waals surface area contributed by atoms with E-state index in [2.05, 4.69) is 27.7 Å². The predicted molar refractivity (Wildman–Crippen MR) is 101 cm³/mol. The summed E-state index contributed by atoms with van der Waals surface area (Å²) in [7, 11) is 0. The van der Waals surface area contributed by atoms with E-state index in [0.29, 0.717) is 22.4 Å². The molecular formula is C18H25Cl2NOS. The van der Waals surface area contributed by atoms with Crippen molar-refractivity contribution in [2.24, 2.45) is 11.3 Å². The van der Waals surface area contributed by atoms with Crippen LogP contribution in [0.4, 0.5) is 0 Å². The maximum absolute atomic E-state index is 12.8. The Morgan fingerprint density at radius 3 is 2.74 bits per heavy atom. The maximum Gasteiger partial charge on any atom is 0.224 e. The van der Waals surface area contributed by atoms with E-state index in [0.717, 1.165) is 24.3 Å². The molecule has 0 aliphatic carbocycles. The molecule has 2 rings (SSSR count). The highest BCUT2D eigenvalue weighted by molar-refractivity contribution is 7.99. The Morgan fingerprint density at radius 1 is 1.39 bits per heavy atom. The van der Waals surface area contributed by atoms with Crippen LogP contribution in [0.3, 0.4) is 0 Å². The summed E-state index contributed by atoms with van der Waals surface area (Å²) in [6.07, 6.45) is 1.63. The zero-order chi connectivity index (χ0) is 17.2. The number of carbonyl (C=O) groups excluding carboxylic acids is 1. The molecule has 1 heterocycles. The minimum Gasteiger partial charge on any atom is -0.326 e. The van der Waals surface area contributed by atoms with Gasteiger partial charge in [-0.25, -0.2) is 0 Å². The predicted octanol–water partition coefficient (Wildman–Crippen LogP) is 6.03. The molecule has 23 heavy (non-hydrogen) atoms.